The molecule has 0 saturated heterocycles. The third-order valence-corrected chi connectivity index (χ3v) is 7.02. The molecule has 0 unspecified atom stereocenters. The van der Waals surface area contributed by atoms with Crippen molar-refractivity contribution in [2.75, 3.05) is 21.5 Å². The number of hydrogen-bond donors (Lipinski definition) is 2. The quantitative estimate of drug-likeness (QED) is 0.578. The highest BCUT2D eigenvalue weighted by Crippen LogP contribution is 2.33. The zero-order chi connectivity index (χ0) is 23.6. The van der Waals surface area contributed by atoms with Gasteiger partial charge in [-0.25, -0.2) is 8.42 Å². The molecule has 2 amide bonds. The van der Waals surface area contributed by atoms with E-state index in [-0.39, 0.29) is 16.7 Å². The van der Waals surface area contributed by atoms with Crippen molar-refractivity contribution in [3.05, 3.63) is 77.6 Å². The Hall–Kier alpha value is -3.72. The molecule has 0 radical (unpaired) electrons. The largest absolute Gasteiger partial charge is 0.326 e. The number of sulfonamides is 1. The monoisotopic (exact) mass is 464 g/mol. The number of amides is 2. The van der Waals surface area contributed by atoms with Crippen molar-refractivity contribution in [3.8, 4) is 0 Å². The zero-order valence-electron chi connectivity index (χ0n) is 18.3. The average molecular weight is 465 g/mol. The normalized spacial score (nSPS) is 12.8. The van der Waals surface area contributed by atoms with Crippen LogP contribution in [0.1, 0.15) is 34.8 Å². The van der Waals surface area contributed by atoms with E-state index < -0.39 is 10.0 Å². The molecule has 1 aliphatic rings. The summed E-state index contributed by atoms with van der Waals surface area (Å²) in [5, 5.41) is 2.72. The summed E-state index contributed by atoms with van der Waals surface area (Å²) < 4.78 is 28.7. The molecule has 2 heterocycles. The van der Waals surface area contributed by atoms with Gasteiger partial charge < -0.3 is 10.2 Å². The summed E-state index contributed by atoms with van der Waals surface area (Å²) in [5.74, 6) is -0.302. The number of nitrogens with one attached hydrogen (secondary N) is 2. The van der Waals surface area contributed by atoms with Gasteiger partial charge in [0, 0.05) is 42.3 Å². The Bertz CT molecular complexity index is 1320. The molecule has 0 fully saturated rings. The molecule has 1 aromatic heterocycles. The minimum absolute atomic E-state index is 0.113. The van der Waals surface area contributed by atoms with Gasteiger partial charge >= 0.3 is 0 Å². The maximum atomic E-state index is 13.1. The first-order chi connectivity index (χ1) is 15.8. The summed E-state index contributed by atoms with van der Waals surface area (Å²) in [6, 6.07) is 13.2. The second kappa shape index (κ2) is 9.03. The van der Waals surface area contributed by atoms with Crippen molar-refractivity contribution >= 4 is 38.9 Å². The Morgan fingerprint density at radius 2 is 1.76 bits per heavy atom. The van der Waals surface area contributed by atoms with E-state index >= 15 is 0 Å². The smallest absolute Gasteiger partial charge is 0.262 e. The van der Waals surface area contributed by atoms with Crippen molar-refractivity contribution in [3.63, 3.8) is 0 Å². The first kappa shape index (κ1) is 22.5. The number of aromatic nitrogens is 1. The van der Waals surface area contributed by atoms with E-state index in [0.717, 1.165) is 5.56 Å². The minimum Gasteiger partial charge on any atom is -0.326 e. The Kier molecular flexibility index (Phi) is 6.15. The lowest BCUT2D eigenvalue weighted by Gasteiger charge is -2.18. The van der Waals surface area contributed by atoms with Crippen molar-refractivity contribution in [2.45, 2.75) is 31.6 Å². The molecule has 33 heavy (non-hydrogen) atoms. The molecule has 2 aromatic carbocycles. The fourth-order valence-electron chi connectivity index (χ4n) is 3.79. The number of carbonyl (C=O) groups excluding carboxylic acids is 2. The summed E-state index contributed by atoms with van der Waals surface area (Å²) in [5.41, 5.74) is 3.60. The SMILES string of the molecule is CCC(=O)Nc1ccc(S(=O)(=O)Nc2ccc3c(c2)N(C(=O)c2ccncc2)CC3)c(C)c1. The lowest BCUT2D eigenvalue weighted by molar-refractivity contribution is -0.115. The number of anilines is 3. The van der Waals surface area contributed by atoms with Gasteiger partial charge in [-0.2, -0.15) is 0 Å². The van der Waals surface area contributed by atoms with Crippen LogP contribution in [-0.2, 0) is 21.2 Å². The van der Waals surface area contributed by atoms with E-state index in [9.17, 15) is 18.0 Å². The van der Waals surface area contributed by atoms with E-state index in [1.54, 1.807) is 67.5 Å². The second-order valence-corrected chi connectivity index (χ2v) is 9.42. The Labute approximate surface area is 192 Å². The summed E-state index contributed by atoms with van der Waals surface area (Å²) >= 11 is 0. The number of carbonyl (C=O) groups is 2. The predicted octanol–water partition coefficient (Wildman–Crippen LogP) is 3.74. The molecule has 0 atom stereocenters. The Morgan fingerprint density at radius 3 is 2.45 bits per heavy atom. The molecule has 170 valence electrons. The van der Waals surface area contributed by atoms with Crippen LogP contribution in [0.3, 0.4) is 0 Å². The van der Waals surface area contributed by atoms with Crippen LogP contribution in [0.5, 0.6) is 0 Å². The predicted molar refractivity (Wildman–Crippen MR) is 127 cm³/mol. The second-order valence-electron chi connectivity index (χ2n) is 7.77. The fourth-order valence-corrected chi connectivity index (χ4v) is 5.07. The maximum absolute atomic E-state index is 13.1. The lowest BCUT2D eigenvalue weighted by atomic mass is 10.1. The van der Waals surface area contributed by atoms with E-state index in [1.165, 1.54) is 6.07 Å². The molecule has 2 N–H and O–H groups in total. The summed E-state index contributed by atoms with van der Waals surface area (Å²) in [4.78, 5) is 30.2. The molecular formula is C24H24N4O4S. The lowest BCUT2D eigenvalue weighted by Crippen LogP contribution is -2.28. The summed E-state index contributed by atoms with van der Waals surface area (Å²) in [6.45, 7) is 3.94. The molecule has 0 spiro atoms. The van der Waals surface area contributed by atoms with Gasteiger partial charge in [0.2, 0.25) is 5.91 Å². The van der Waals surface area contributed by atoms with E-state index in [2.05, 4.69) is 15.0 Å². The number of aryl methyl sites for hydroxylation is 1. The molecular weight excluding hydrogens is 440 g/mol. The van der Waals surface area contributed by atoms with Gasteiger partial charge in [-0.1, -0.05) is 13.0 Å². The number of pyridine rings is 1. The zero-order valence-corrected chi connectivity index (χ0v) is 19.1. The third kappa shape index (κ3) is 4.73. The fraction of sp³-hybridized carbons (Fsp3) is 0.208. The van der Waals surface area contributed by atoms with Crippen LogP contribution in [0, 0.1) is 6.92 Å². The number of hydrogen-bond acceptors (Lipinski definition) is 5. The van der Waals surface area contributed by atoms with Crippen LogP contribution in [0.2, 0.25) is 0 Å². The molecule has 8 nitrogen and oxygen atoms in total. The molecule has 3 aromatic rings. The van der Waals surface area contributed by atoms with Crippen LogP contribution in [0.4, 0.5) is 17.1 Å². The number of benzene rings is 2. The van der Waals surface area contributed by atoms with Gasteiger partial charge in [0.05, 0.1) is 10.6 Å². The van der Waals surface area contributed by atoms with Gasteiger partial charge in [0.1, 0.15) is 0 Å². The molecule has 4 rings (SSSR count). The topological polar surface area (TPSA) is 108 Å². The van der Waals surface area contributed by atoms with Gasteiger partial charge in [0.25, 0.3) is 15.9 Å². The van der Waals surface area contributed by atoms with Crippen molar-refractivity contribution in [1.82, 2.24) is 4.98 Å². The maximum Gasteiger partial charge on any atom is 0.262 e. The van der Waals surface area contributed by atoms with E-state index in [1.807, 2.05) is 6.07 Å². The number of fused-ring (bicyclic) bond motifs is 1. The van der Waals surface area contributed by atoms with Crippen LogP contribution in [0.25, 0.3) is 0 Å². The minimum atomic E-state index is -3.88. The van der Waals surface area contributed by atoms with E-state index in [0.29, 0.717) is 47.6 Å². The van der Waals surface area contributed by atoms with Gasteiger partial charge in [0.15, 0.2) is 0 Å². The first-order valence-electron chi connectivity index (χ1n) is 10.6. The van der Waals surface area contributed by atoms with Crippen LogP contribution in [-0.4, -0.2) is 31.8 Å². The molecule has 9 heteroatoms. The van der Waals surface area contributed by atoms with Gasteiger partial charge in [-0.3, -0.25) is 19.3 Å². The van der Waals surface area contributed by atoms with Crippen LogP contribution < -0.4 is 14.9 Å². The molecule has 0 bridgehead atoms. The van der Waals surface area contributed by atoms with Gasteiger partial charge in [-0.15, -0.1) is 0 Å². The van der Waals surface area contributed by atoms with Crippen molar-refractivity contribution in [2.24, 2.45) is 0 Å². The van der Waals surface area contributed by atoms with Crippen LogP contribution >= 0.6 is 0 Å². The summed E-state index contributed by atoms with van der Waals surface area (Å²) in [6.07, 6.45) is 4.16. The first-order valence-corrected chi connectivity index (χ1v) is 12.0. The number of rotatable bonds is 6. The van der Waals surface area contributed by atoms with E-state index in [4.69, 9.17) is 0 Å². The summed E-state index contributed by atoms with van der Waals surface area (Å²) in [7, 11) is -3.88. The highest BCUT2D eigenvalue weighted by atomic mass is 32.2. The van der Waals surface area contributed by atoms with Crippen LogP contribution in [0.15, 0.2) is 65.8 Å². The highest BCUT2D eigenvalue weighted by molar-refractivity contribution is 7.92. The average Bonchev–Trinajstić information content (AvgIpc) is 3.22. The Morgan fingerprint density at radius 1 is 1.03 bits per heavy atom. The highest BCUT2D eigenvalue weighted by Gasteiger charge is 2.27. The van der Waals surface area contributed by atoms with Crippen molar-refractivity contribution in [1.29, 1.82) is 0 Å². The van der Waals surface area contributed by atoms with Gasteiger partial charge in [-0.05, 0) is 66.9 Å². The number of nitrogens with zero attached hydrogens (tertiary/aromatic N) is 2. The standard InChI is InChI=1S/C24H24N4O4S/c1-3-23(29)26-19-6-7-22(16(2)14-19)33(31,32)27-20-5-4-17-10-13-28(21(17)15-20)24(30)18-8-11-25-12-9-18/h4-9,11-12,14-15,27H,3,10,13H2,1-2H3,(H,26,29). The molecule has 0 saturated carbocycles. The van der Waals surface area contributed by atoms with Crippen molar-refractivity contribution < 1.29 is 18.0 Å². The third-order valence-electron chi connectivity index (χ3n) is 5.47. The molecule has 0 aliphatic carbocycles. The Balaban J connectivity index is 1.58. The molecule has 1 aliphatic heterocycles.